The smallest absolute Gasteiger partial charge is 0.312 e. The SMILES string of the molecule is COc1ccc(NC(=O)[C@@H](CCCN)NC(=O)c2cc(NC(=O)[C@@H](CCCN=C(N)N)NC(=O)c3cc(NC(=O)[C@@H](CCCNC(N)=O)NC(=O)c4cc(NC(=O)CCCCN)ccc4OC)ccc3OC)ccc2OC)cc1C(N)=O. The molecule has 0 aliphatic carbocycles. The van der Waals surface area contributed by atoms with Gasteiger partial charge in [0.1, 0.15) is 41.1 Å². The summed E-state index contributed by atoms with van der Waals surface area (Å²) in [5.41, 5.74) is 33.6. The van der Waals surface area contributed by atoms with E-state index in [0.29, 0.717) is 31.5 Å². The monoisotopic (exact) mass is 1140 g/mol. The number of hydrogen-bond acceptors (Lipinski definition) is 16. The molecule has 10 amide bonds. The van der Waals surface area contributed by atoms with E-state index >= 15 is 0 Å². The van der Waals surface area contributed by atoms with Gasteiger partial charge in [0, 0.05) is 42.3 Å². The van der Waals surface area contributed by atoms with Gasteiger partial charge in [0.25, 0.3) is 23.6 Å². The Bertz CT molecular complexity index is 2950. The van der Waals surface area contributed by atoms with E-state index in [1.807, 2.05) is 0 Å². The van der Waals surface area contributed by atoms with Crippen molar-refractivity contribution in [3.63, 3.8) is 0 Å². The number of benzene rings is 4. The van der Waals surface area contributed by atoms with E-state index in [1.54, 1.807) is 6.07 Å². The highest BCUT2D eigenvalue weighted by atomic mass is 16.5. The topological polar surface area (TPSA) is 455 Å². The number of urea groups is 1. The van der Waals surface area contributed by atoms with Crippen molar-refractivity contribution in [1.82, 2.24) is 21.3 Å². The summed E-state index contributed by atoms with van der Waals surface area (Å²) in [4.78, 5) is 124. The number of primary amides is 2. The summed E-state index contributed by atoms with van der Waals surface area (Å²) in [5.74, 6) is -5.31. The van der Waals surface area contributed by atoms with Gasteiger partial charge in [0.2, 0.25) is 23.6 Å². The molecular weight excluding hydrogens is 1070 g/mol. The maximum Gasteiger partial charge on any atom is 0.312 e. The molecule has 0 heterocycles. The van der Waals surface area contributed by atoms with Crippen molar-refractivity contribution in [2.75, 3.05) is 75.9 Å². The van der Waals surface area contributed by atoms with Crippen LogP contribution in [-0.2, 0) is 19.2 Å². The molecule has 28 heteroatoms. The molecule has 0 fully saturated rings. The number of rotatable bonds is 33. The highest BCUT2D eigenvalue weighted by Gasteiger charge is 2.29. The number of carbonyl (C=O) groups excluding carboxylic acids is 9. The van der Waals surface area contributed by atoms with Crippen LogP contribution in [-0.4, -0.2) is 132 Å². The molecule has 4 aromatic rings. The molecule has 0 unspecified atom stereocenters. The fourth-order valence-electron chi connectivity index (χ4n) is 8.07. The quantitative estimate of drug-likeness (QED) is 0.0182. The van der Waals surface area contributed by atoms with Crippen LogP contribution in [0.5, 0.6) is 23.0 Å². The summed E-state index contributed by atoms with van der Waals surface area (Å²) in [5, 5.41) is 21.4. The molecule has 0 bridgehead atoms. The number of nitrogens with zero attached hydrogens (tertiary/aromatic N) is 1. The van der Waals surface area contributed by atoms with Crippen LogP contribution in [0.3, 0.4) is 0 Å². The van der Waals surface area contributed by atoms with Gasteiger partial charge in [-0.25, -0.2) is 4.79 Å². The lowest BCUT2D eigenvalue weighted by Crippen LogP contribution is -2.45. The fourth-order valence-corrected chi connectivity index (χ4v) is 8.07. The lowest BCUT2D eigenvalue weighted by atomic mass is 10.1. The van der Waals surface area contributed by atoms with Crippen molar-refractivity contribution >= 4 is 82.0 Å². The molecule has 0 saturated carbocycles. The van der Waals surface area contributed by atoms with Gasteiger partial charge in [-0.3, -0.25) is 43.3 Å². The lowest BCUT2D eigenvalue weighted by molar-refractivity contribution is -0.118. The standard InChI is InChI=1S/C54H73N15O13/c1-79-41-18-15-31(26-34(41)46(57)71)64-50(75)38(10-7-23-56)67-48(73)36-28-32(16-20-43(36)81-3)65-51(76)39(11-8-24-61-53(58)59)68-49(74)37-29-33(17-21-44(37)82-4)66-52(77)40(12-9-25-62-54(60)78)69-47(72)35-27-30(14-19-42(35)80-2)63-45(70)13-5-6-22-55/h14-21,26-29,38-40H,5-13,22-25,55-56H2,1-4H3,(H2,57,71)(H,63,70)(H,64,75)(H,65,76)(H,66,77)(H,67,73)(H,68,74)(H,69,72)(H4,58,59,61)(H3,60,62,78)/t38-,39-,40-/m1/s1. The number of ether oxygens (including phenoxy) is 4. The van der Waals surface area contributed by atoms with E-state index in [1.165, 1.54) is 95.2 Å². The maximum atomic E-state index is 14.3. The normalized spacial score (nSPS) is 11.7. The molecule has 0 aliphatic heterocycles. The molecule has 442 valence electrons. The van der Waals surface area contributed by atoms with Gasteiger partial charge in [-0.05, 0) is 137 Å². The molecule has 0 radical (unpaired) electrons. The van der Waals surface area contributed by atoms with Gasteiger partial charge in [-0.15, -0.1) is 0 Å². The Balaban J connectivity index is 1.59. The van der Waals surface area contributed by atoms with Crippen molar-refractivity contribution in [2.24, 2.45) is 39.4 Å². The number of methoxy groups -OCH3 is 4. The number of nitrogens with one attached hydrogen (secondary N) is 8. The molecule has 0 spiro atoms. The second-order valence-electron chi connectivity index (χ2n) is 18.2. The summed E-state index contributed by atoms with van der Waals surface area (Å²) >= 11 is 0. The Morgan fingerprint density at radius 1 is 0.463 bits per heavy atom. The second kappa shape index (κ2) is 33.0. The van der Waals surface area contributed by atoms with Gasteiger partial charge in [0.15, 0.2) is 5.96 Å². The molecule has 0 aliphatic rings. The van der Waals surface area contributed by atoms with Crippen LogP contribution in [0.15, 0.2) is 77.8 Å². The Labute approximate surface area is 473 Å². The van der Waals surface area contributed by atoms with Crippen molar-refractivity contribution in [3.8, 4) is 23.0 Å². The molecular formula is C54H73N15O13. The first-order valence-electron chi connectivity index (χ1n) is 25.9. The zero-order chi connectivity index (χ0) is 60.3. The molecule has 3 atom stereocenters. The zero-order valence-corrected chi connectivity index (χ0v) is 46.1. The molecule has 4 aromatic carbocycles. The van der Waals surface area contributed by atoms with Crippen LogP contribution in [0.4, 0.5) is 27.5 Å². The minimum atomic E-state index is -1.30. The highest BCUT2D eigenvalue weighted by molar-refractivity contribution is 6.07. The Hall–Kier alpha value is -9.70. The largest absolute Gasteiger partial charge is 0.496 e. The van der Waals surface area contributed by atoms with E-state index in [2.05, 4.69) is 47.5 Å². The molecule has 20 N–H and O–H groups in total. The van der Waals surface area contributed by atoms with Crippen LogP contribution in [0.1, 0.15) is 99.2 Å². The van der Waals surface area contributed by atoms with Crippen molar-refractivity contribution in [2.45, 2.75) is 75.9 Å². The fraction of sp³-hybridized carbons (Fsp3) is 0.370. The number of guanidine groups is 1. The van der Waals surface area contributed by atoms with Crippen molar-refractivity contribution < 1.29 is 62.1 Å². The third-order valence-corrected chi connectivity index (χ3v) is 12.2. The average molecular weight is 1140 g/mol. The summed E-state index contributed by atoms with van der Waals surface area (Å²) in [6.07, 6.45) is 2.18. The molecule has 82 heavy (non-hydrogen) atoms. The van der Waals surface area contributed by atoms with Gasteiger partial charge < -0.3 is 95.9 Å². The maximum absolute atomic E-state index is 14.3. The summed E-state index contributed by atoms with van der Waals surface area (Å²) in [6, 6.07) is 12.5. The molecule has 0 saturated heterocycles. The second-order valence-corrected chi connectivity index (χ2v) is 18.2. The average Bonchev–Trinajstić information content (AvgIpc) is 3.63. The van der Waals surface area contributed by atoms with Gasteiger partial charge in [-0.2, -0.15) is 0 Å². The van der Waals surface area contributed by atoms with E-state index in [0.717, 1.165) is 0 Å². The van der Waals surface area contributed by atoms with E-state index < -0.39 is 65.5 Å². The minimum Gasteiger partial charge on any atom is -0.496 e. The van der Waals surface area contributed by atoms with Gasteiger partial charge in [0.05, 0.1) is 50.7 Å². The lowest BCUT2D eigenvalue weighted by Gasteiger charge is -2.21. The summed E-state index contributed by atoms with van der Waals surface area (Å²) in [7, 11) is 5.32. The first kappa shape index (κ1) is 64.8. The van der Waals surface area contributed by atoms with Crippen LogP contribution >= 0.6 is 0 Å². The Morgan fingerprint density at radius 2 is 0.829 bits per heavy atom. The van der Waals surface area contributed by atoms with Gasteiger partial charge in [-0.1, -0.05) is 0 Å². The predicted molar refractivity (Wildman–Crippen MR) is 307 cm³/mol. The number of amides is 10. The summed E-state index contributed by atoms with van der Waals surface area (Å²) < 4.78 is 21.6. The number of anilines is 4. The number of unbranched alkanes of at least 4 members (excludes halogenated alkanes) is 1. The number of aliphatic imine (C=N–C) groups is 1. The van der Waals surface area contributed by atoms with Crippen LogP contribution in [0.25, 0.3) is 0 Å². The van der Waals surface area contributed by atoms with E-state index in [4.69, 9.17) is 53.3 Å². The molecule has 0 aromatic heterocycles. The highest BCUT2D eigenvalue weighted by Crippen LogP contribution is 2.28. The zero-order valence-electron chi connectivity index (χ0n) is 46.1. The van der Waals surface area contributed by atoms with E-state index in [9.17, 15) is 43.2 Å². The number of nitrogens with two attached hydrogens (primary N) is 6. The van der Waals surface area contributed by atoms with Crippen molar-refractivity contribution in [1.29, 1.82) is 0 Å². The first-order chi connectivity index (χ1) is 39.2. The first-order valence-corrected chi connectivity index (χ1v) is 25.9. The summed E-state index contributed by atoms with van der Waals surface area (Å²) in [6.45, 7) is 0.745. The van der Waals surface area contributed by atoms with Crippen molar-refractivity contribution in [3.05, 3.63) is 95.1 Å². The molecule has 4 rings (SSSR count). The van der Waals surface area contributed by atoms with Crippen LogP contribution < -0.4 is 95.9 Å². The predicted octanol–water partition coefficient (Wildman–Crippen LogP) is 1.34. The van der Waals surface area contributed by atoms with Gasteiger partial charge >= 0.3 is 6.03 Å². The molecule has 28 nitrogen and oxygen atoms in total. The number of hydrogen-bond donors (Lipinski definition) is 14. The number of carbonyl (C=O) groups is 9. The minimum absolute atomic E-state index is 0.00655. The van der Waals surface area contributed by atoms with E-state index in [-0.39, 0.29) is 132 Å². The van der Waals surface area contributed by atoms with Crippen LogP contribution in [0, 0.1) is 0 Å². The third-order valence-electron chi connectivity index (χ3n) is 12.2. The third kappa shape index (κ3) is 20.2. The van der Waals surface area contributed by atoms with Crippen LogP contribution in [0.2, 0.25) is 0 Å². The Morgan fingerprint density at radius 3 is 1.20 bits per heavy atom. The Kier molecular flexibility index (Phi) is 26.1.